The van der Waals surface area contributed by atoms with Crippen molar-refractivity contribution in [2.45, 2.75) is 6.18 Å². The van der Waals surface area contributed by atoms with Gasteiger partial charge in [0.05, 0.1) is 10.5 Å². The van der Waals surface area contributed by atoms with E-state index in [1.54, 1.807) is 18.2 Å². The minimum atomic E-state index is -4.37. The molecular weight excluding hydrogens is 451 g/mol. The molecule has 172 valence electrons. The molecule has 1 amide bonds. The Morgan fingerprint density at radius 3 is 2.52 bits per heavy atom. The van der Waals surface area contributed by atoms with E-state index in [1.165, 1.54) is 23.9 Å². The van der Waals surface area contributed by atoms with Gasteiger partial charge in [0.1, 0.15) is 12.4 Å². The number of piperazine rings is 1. The van der Waals surface area contributed by atoms with Gasteiger partial charge in [-0.1, -0.05) is 36.9 Å². The Morgan fingerprint density at radius 2 is 1.79 bits per heavy atom. The zero-order chi connectivity index (χ0) is 23.4. The van der Waals surface area contributed by atoms with Crippen molar-refractivity contribution in [2.24, 2.45) is 4.99 Å². The zero-order valence-electron chi connectivity index (χ0n) is 17.7. The van der Waals surface area contributed by atoms with Crippen molar-refractivity contribution in [3.63, 3.8) is 0 Å². The van der Waals surface area contributed by atoms with E-state index in [2.05, 4.69) is 11.6 Å². The van der Waals surface area contributed by atoms with Gasteiger partial charge in [-0.3, -0.25) is 4.79 Å². The molecule has 2 aromatic carbocycles. The Hall–Kier alpha value is -3.20. The van der Waals surface area contributed by atoms with Gasteiger partial charge in [0.15, 0.2) is 5.17 Å². The molecule has 2 heterocycles. The van der Waals surface area contributed by atoms with Crippen LogP contribution in [0.2, 0.25) is 0 Å². The number of thioether (sulfide) groups is 1. The third-order valence-corrected chi connectivity index (χ3v) is 6.30. The van der Waals surface area contributed by atoms with Crippen LogP contribution in [0.5, 0.6) is 5.75 Å². The summed E-state index contributed by atoms with van der Waals surface area (Å²) in [4.78, 5) is 21.1. The average Bonchev–Trinajstić information content (AvgIpc) is 3.18. The number of para-hydroxylation sites is 1. The molecule has 2 aromatic rings. The summed E-state index contributed by atoms with van der Waals surface area (Å²) >= 11 is 1.30. The number of ether oxygens (including phenoxy) is 1. The van der Waals surface area contributed by atoms with E-state index >= 15 is 0 Å². The molecule has 4 rings (SSSR count). The smallest absolute Gasteiger partial charge is 0.416 e. The van der Waals surface area contributed by atoms with Crippen LogP contribution in [0.1, 0.15) is 11.1 Å². The van der Waals surface area contributed by atoms with E-state index in [1.807, 2.05) is 34.1 Å². The van der Waals surface area contributed by atoms with E-state index in [9.17, 15) is 18.0 Å². The van der Waals surface area contributed by atoms with Gasteiger partial charge < -0.3 is 14.5 Å². The highest BCUT2D eigenvalue weighted by Gasteiger charge is 2.32. The van der Waals surface area contributed by atoms with Gasteiger partial charge in [-0.15, -0.1) is 0 Å². The Labute approximate surface area is 194 Å². The number of benzene rings is 2. The second-order valence-corrected chi connectivity index (χ2v) is 8.48. The lowest BCUT2D eigenvalue weighted by atomic mass is 10.1. The van der Waals surface area contributed by atoms with Crippen LogP contribution in [0, 0.1) is 0 Å². The van der Waals surface area contributed by atoms with Gasteiger partial charge in [0.25, 0.3) is 5.91 Å². The summed E-state index contributed by atoms with van der Waals surface area (Å²) in [5, 5.41) is 0.611. The molecule has 9 heteroatoms. The maximum Gasteiger partial charge on any atom is 0.416 e. The average molecular weight is 474 g/mol. The van der Waals surface area contributed by atoms with Crippen LogP contribution in [-0.2, 0) is 11.0 Å². The third-order valence-electron chi connectivity index (χ3n) is 5.26. The van der Waals surface area contributed by atoms with Crippen molar-refractivity contribution in [1.82, 2.24) is 4.90 Å². The van der Waals surface area contributed by atoms with E-state index < -0.39 is 11.7 Å². The second-order valence-electron chi connectivity index (χ2n) is 7.47. The topological polar surface area (TPSA) is 45.1 Å². The number of carbonyl (C=O) groups is 1. The molecule has 0 aromatic heterocycles. The standard InChI is InChI=1S/C24H22F3N3O2S/c1-2-14-32-20-9-4-3-6-17(20)15-21-22(31)28-23(33-21)30-12-10-29(11-13-30)19-8-5-7-18(16-19)24(25,26)27/h2-9,15-16H,1,10-14H2/b21-15+. The van der Waals surface area contributed by atoms with Crippen LogP contribution in [0.25, 0.3) is 6.08 Å². The highest BCUT2D eigenvalue weighted by molar-refractivity contribution is 8.18. The highest BCUT2D eigenvalue weighted by atomic mass is 32.2. The van der Waals surface area contributed by atoms with Crippen molar-refractivity contribution < 1.29 is 22.7 Å². The van der Waals surface area contributed by atoms with Gasteiger partial charge in [0, 0.05) is 37.4 Å². The van der Waals surface area contributed by atoms with E-state index in [0.29, 0.717) is 54.3 Å². The Kier molecular flexibility index (Phi) is 6.78. The van der Waals surface area contributed by atoms with E-state index in [4.69, 9.17) is 4.74 Å². The first-order chi connectivity index (χ1) is 15.8. The van der Waals surface area contributed by atoms with Gasteiger partial charge >= 0.3 is 6.18 Å². The van der Waals surface area contributed by atoms with Crippen molar-refractivity contribution in [3.8, 4) is 5.75 Å². The summed E-state index contributed by atoms with van der Waals surface area (Å²) < 4.78 is 44.7. The number of nitrogens with zero attached hydrogens (tertiary/aromatic N) is 3. The summed E-state index contributed by atoms with van der Waals surface area (Å²) in [7, 11) is 0. The molecule has 2 aliphatic heterocycles. The van der Waals surface area contributed by atoms with Crippen molar-refractivity contribution in [2.75, 3.05) is 37.7 Å². The summed E-state index contributed by atoms with van der Waals surface area (Å²) in [5.41, 5.74) is 0.662. The van der Waals surface area contributed by atoms with Crippen LogP contribution in [0.3, 0.4) is 0 Å². The van der Waals surface area contributed by atoms with Crippen LogP contribution in [0.15, 0.2) is 71.1 Å². The van der Waals surface area contributed by atoms with E-state index in [0.717, 1.165) is 11.6 Å². The van der Waals surface area contributed by atoms with E-state index in [-0.39, 0.29) is 5.91 Å². The number of anilines is 1. The number of hydrogen-bond donors (Lipinski definition) is 0. The fourth-order valence-corrected chi connectivity index (χ4v) is 4.55. The molecule has 0 radical (unpaired) electrons. The molecule has 5 nitrogen and oxygen atoms in total. The lowest BCUT2D eigenvalue weighted by Gasteiger charge is -2.36. The fraction of sp³-hybridized carbons (Fsp3) is 0.250. The zero-order valence-corrected chi connectivity index (χ0v) is 18.5. The Morgan fingerprint density at radius 1 is 1.06 bits per heavy atom. The number of hydrogen-bond acceptors (Lipinski definition) is 5. The summed E-state index contributed by atoms with van der Waals surface area (Å²) in [6, 6.07) is 12.8. The molecule has 1 fully saturated rings. The molecule has 0 atom stereocenters. The fourth-order valence-electron chi connectivity index (χ4n) is 3.59. The van der Waals surface area contributed by atoms with Crippen LogP contribution >= 0.6 is 11.8 Å². The Balaban J connectivity index is 1.41. The first-order valence-electron chi connectivity index (χ1n) is 10.4. The minimum absolute atomic E-state index is 0.311. The van der Waals surface area contributed by atoms with Gasteiger partial charge in [0.2, 0.25) is 0 Å². The van der Waals surface area contributed by atoms with Crippen molar-refractivity contribution >= 4 is 34.6 Å². The SMILES string of the molecule is C=CCOc1ccccc1/C=C1/SC(N2CCN(c3cccc(C(F)(F)F)c3)CC2)=NC1=O. The van der Waals surface area contributed by atoms with Gasteiger partial charge in [-0.2, -0.15) is 18.2 Å². The van der Waals surface area contributed by atoms with Crippen LogP contribution in [0.4, 0.5) is 18.9 Å². The molecule has 1 saturated heterocycles. The molecule has 0 spiro atoms. The molecule has 0 bridgehead atoms. The number of amidine groups is 1. The molecule has 33 heavy (non-hydrogen) atoms. The molecule has 2 aliphatic rings. The van der Waals surface area contributed by atoms with Crippen LogP contribution < -0.4 is 9.64 Å². The predicted octanol–water partition coefficient (Wildman–Crippen LogP) is 5.06. The number of halogens is 3. The monoisotopic (exact) mass is 473 g/mol. The maximum absolute atomic E-state index is 13.0. The summed E-state index contributed by atoms with van der Waals surface area (Å²) in [6.45, 7) is 6.19. The van der Waals surface area contributed by atoms with Gasteiger partial charge in [-0.05, 0) is 42.1 Å². The first kappa shape index (κ1) is 23.0. The summed E-state index contributed by atoms with van der Waals surface area (Å²) in [6.07, 6.45) is -0.952. The molecular formula is C24H22F3N3O2S. The predicted molar refractivity (Wildman–Crippen MR) is 125 cm³/mol. The number of rotatable bonds is 5. The molecule has 0 aliphatic carbocycles. The quantitative estimate of drug-likeness (QED) is 0.449. The highest BCUT2D eigenvalue weighted by Crippen LogP contribution is 2.34. The first-order valence-corrected chi connectivity index (χ1v) is 11.2. The normalized spacial score (nSPS) is 18.0. The number of amides is 1. The summed E-state index contributed by atoms with van der Waals surface area (Å²) in [5.74, 6) is 0.343. The molecule has 0 N–H and O–H groups in total. The van der Waals surface area contributed by atoms with Crippen LogP contribution in [-0.4, -0.2) is 48.8 Å². The Bertz CT molecular complexity index is 1110. The van der Waals surface area contributed by atoms with Crippen molar-refractivity contribution in [3.05, 3.63) is 77.2 Å². The van der Waals surface area contributed by atoms with Crippen molar-refractivity contribution in [1.29, 1.82) is 0 Å². The maximum atomic E-state index is 13.0. The third kappa shape index (κ3) is 5.42. The lowest BCUT2D eigenvalue weighted by molar-refractivity contribution is -0.137. The van der Waals surface area contributed by atoms with Gasteiger partial charge in [-0.25, -0.2) is 0 Å². The second kappa shape index (κ2) is 9.74. The number of carbonyl (C=O) groups excluding carboxylic acids is 1. The number of alkyl halides is 3. The molecule has 0 saturated carbocycles. The largest absolute Gasteiger partial charge is 0.489 e. The number of aliphatic imine (C=N–C) groups is 1. The minimum Gasteiger partial charge on any atom is -0.489 e. The lowest BCUT2D eigenvalue weighted by Crippen LogP contribution is -2.47. The molecule has 0 unspecified atom stereocenters.